The number of nitrogens with zero attached hydrogens (tertiary/aromatic N) is 1. The van der Waals surface area contributed by atoms with Crippen LogP contribution in [0.2, 0.25) is 0 Å². The second-order valence-electron chi connectivity index (χ2n) is 4.31. The Morgan fingerprint density at radius 3 is 2.44 bits per heavy atom. The molecule has 104 valence electrons. The van der Waals surface area contributed by atoms with Gasteiger partial charge in [-0.15, -0.1) is 0 Å². The van der Waals surface area contributed by atoms with Gasteiger partial charge in [-0.1, -0.05) is 12.2 Å². The predicted octanol–water partition coefficient (Wildman–Crippen LogP) is -0.406. The number of hydrogen-bond donors (Lipinski definition) is 2. The van der Waals surface area contributed by atoms with Gasteiger partial charge in [0.1, 0.15) is 5.75 Å². The number of sulfonamides is 1. The molecule has 1 fully saturated rings. The summed E-state index contributed by atoms with van der Waals surface area (Å²) in [5, 5.41) is 0. The van der Waals surface area contributed by atoms with Crippen LogP contribution in [0.5, 0.6) is 0 Å². The van der Waals surface area contributed by atoms with Crippen molar-refractivity contribution in [2.24, 2.45) is 5.73 Å². The maximum atomic E-state index is 11.7. The van der Waals surface area contributed by atoms with E-state index in [9.17, 15) is 13.2 Å². The number of piperidine rings is 1. The summed E-state index contributed by atoms with van der Waals surface area (Å²) >= 11 is 4.53. The highest BCUT2D eigenvalue weighted by Crippen LogP contribution is 2.09. The standard InChI is InChI=1S/C10H19N3O3S2/c11-9(17)8-18(15,16)12-5-4-10(14)13-6-2-1-3-7-13/h12H,1-8H2,(H2,11,17). The molecule has 0 aliphatic carbocycles. The van der Waals surface area contributed by atoms with Gasteiger partial charge in [-0.2, -0.15) is 0 Å². The number of carbonyl (C=O) groups is 1. The van der Waals surface area contributed by atoms with Gasteiger partial charge in [0.2, 0.25) is 15.9 Å². The number of thiocarbonyl (C=S) groups is 1. The lowest BCUT2D eigenvalue weighted by atomic mass is 10.1. The Morgan fingerprint density at radius 2 is 1.89 bits per heavy atom. The van der Waals surface area contributed by atoms with Crippen LogP contribution in [0.3, 0.4) is 0 Å². The molecule has 0 aromatic carbocycles. The first-order valence-corrected chi connectivity index (χ1v) is 8.00. The number of nitrogens with two attached hydrogens (primary N) is 1. The van der Waals surface area contributed by atoms with Gasteiger partial charge in [0, 0.05) is 26.1 Å². The number of likely N-dealkylation sites (tertiary alicyclic amines) is 1. The molecule has 0 spiro atoms. The first-order valence-electron chi connectivity index (χ1n) is 5.94. The minimum Gasteiger partial charge on any atom is -0.392 e. The van der Waals surface area contributed by atoms with E-state index >= 15 is 0 Å². The van der Waals surface area contributed by atoms with Crippen molar-refractivity contribution < 1.29 is 13.2 Å². The van der Waals surface area contributed by atoms with E-state index in [0.29, 0.717) is 0 Å². The molecule has 18 heavy (non-hydrogen) atoms. The zero-order chi connectivity index (χ0) is 13.6. The van der Waals surface area contributed by atoms with E-state index in [4.69, 9.17) is 5.73 Å². The van der Waals surface area contributed by atoms with Crippen molar-refractivity contribution >= 4 is 33.1 Å². The maximum Gasteiger partial charge on any atom is 0.223 e. The number of carbonyl (C=O) groups excluding carboxylic acids is 1. The van der Waals surface area contributed by atoms with E-state index in [0.717, 1.165) is 32.4 Å². The first kappa shape index (κ1) is 15.3. The van der Waals surface area contributed by atoms with Crippen LogP contribution in [-0.4, -0.2) is 49.6 Å². The average molecular weight is 293 g/mol. The van der Waals surface area contributed by atoms with Crippen LogP contribution in [-0.2, 0) is 14.8 Å². The molecule has 8 heteroatoms. The number of nitrogens with one attached hydrogen (secondary N) is 1. The van der Waals surface area contributed by atoms with Crippen LogP contribution in [0.25, 0.3) is 0 Å². The van der Waals surface area contributed by atoms with E-state index < -0.39 is 10.0 Å². The Labute approximate surface area is 113 Å². The summed E-state index contributed by atoms with van der Waals surface area (Å²) in [7, 11) is -3.49. The normalized spacial score (nSPS) is 16.6. The molecule has 0 unspecified atom stereocenters. The summed E-state index contributed by atoms with van der Waals surface area (Å²) in [6, 6.07) is 0. The van der Waals surface area contributed by atoms with Crippen molar-refractivity contribution in [1.29, 1.82) is 0 Å². The van der Waals surface area contributed by atoms with E-state index in [1.54, 1.807) is 4.90 Å². The first-order chi connectivity index (χ1) is 8.41. The van der Waals surface area contributed by atoms with Crippen LogP contribution in [0, 0.1) is 0 Å². The molecule has 1 saturated heterocycles. The number of amides is 1. The molecule has 6 nitrogen and oxygen atoms in total. The van der Waals surface area contributed by atoms with E-state index in [2.05, 4.69) is 16.9 Å². The summed E-state index contributed by atoms with van der Waals surface area (Å²) in [5.74, 6) is -0.381. The third kappa shape index (κ3) is 5.74. The summed E-state index contributed by atoms with van der Waals surface area (Å²) in [6.07, 6.45) is 3.39. The third-order valence-corrected chi connectivity index (χ3v) is 4.36. The molecule has 1 rings (SSSR count). The fourth-order valence-corrected chi connectivity index (χ4v) is 3.21. The Morgan fingerprint density at radius 1 is 1.28 bits per heavy atom. The Hall–Kier alpha value is -0.730. The SMILES string of the molecule is NC(=S)CS(=O)(=O)NCCC(=O)N1CCCCC1. The molecule has 0 atom stereocenters. The molecule has 0 aromatic heterocycles. The average Bonchev–Trinajstić information content (AvgIpc) is 2.28. The molecule has 0 radical (unpaired) electrons. The third-order valence-electron chi connectivity index (χ3n) is 2.70. The zero-order valence-electron chi connectivity index (χ0n) is 10.2. The van der Waals surface area contributed by atoms with Gasteiger partial charge in [-0.25, -0.2) is 13.1 Å². The van der Waals surface area contributed by atoms with Crippen LogP contribution in [0.4, 0.5) is 0 Å². The highest BCUT2D eigenvalue weighted by atomic mass is 32.2. The lowest BCUT2D eigenvalue weighted by Crippen LogP contribution is -2.39. The lowest BCUT2D eigenvalue weighted by Gasteiger charge is -2.26. The molecule has 1 aliphatic heterocycles. The van der Waals surface area contributed by atoms with Crippen molar-refractivity contribution in [2.75, 3.05) is 25.4 Å². The quantitative estimate of drug-likeness (QED) is 0.650. The molecule has 1 aliphatic rings. The Kier molecular flexibility index (Phi) is 5.97. The van der Waals surface area contributed by atoms with Gasteiger partial charge in [-0.3, -0.25) is 4.79 Å². The van der Waals surface area contributed by atoms with Gasteiger partial charge in [0.05, 0.1) is 4.99 Å². The molecule has 0 aromatic rings. The number of rotatable bonds is 6. The van der Waals surface area contributed by atoms with Gasteiger partial charge in [0.15, 0.2) is 0 Å². The summed E-state index contributed by atoms with van der Waals surface area (Å²) in [6.45, 7) is 1.65. The van der Waals surface area contributed by atoms with Crippen LogP contribution in [0.1, 0.15) is 25.7 Å². The smallest absolute Gasteiger partial charge is 0.223 e. The van der Waals surface area contributed by atoms with Crippen molar-refractivity contribution in [2.45, 2.75) is 25.7 Å². The van der Waals surface area contributed by atoms with Gasteiger partial charge in [0.25, 0.3) is 0 Å². The van der Waals surface area contributed by atoms with Crippen molar-refractivity contribution in [3.05, 3.63) is 0 Å². The van der Waals surface area contributed by atoms with E-state index in [1.807, 2.05) is 0 Å². The molecule has 0 saturated carbocycles. The Bertz CT molecular complexity index is 403. The minimum atomic E-state index is -3.49. The number of hydrogen-bond acceptors (Lipinski definition) is 4. The van der Waals surface area contributed by atoms with Crippen molar-refractivity contribution in [3.63, 3.8) is 0 Å². The van der Waals surface area contributed by atoms with E-state index in [-0.39, 0.29) is 29.6 Å². The monoisotopic (exact) mass is 293 g/mol. The predicted molar refractivity (Wildman–Crippen MR) is 73.6 cm³/mol. The molecular weight excluding hydrogens is 274 g/mol. The van der Waals surface area contributed by atoms with Crippen LogP contribution < -0.4 is 10.5 Å². The van der Waals surface area contributed by atoms with Crippen LogP contribution in [0.15, 0.2) is 0 Å². The van der Waals surface area contributed by atoms with Gasteiger partial charge >= 0.3 is 0 Å². The highest BCUT2D eigenvalue weighted by molar-refractivity contribution is 7.92. The largest absolute Gasteiger partial charge is 0.392 e. The zero-order valence-corrected chi connectivity index (χ0v) is 11.9. The lowest BCUT2D eigenvalue weighted by molar-refractivity contribution is -0.131. The highest BCUT2D eigenvalue weighted by Gasteiger charge is 2.17. The maximum absolute atomic E-state index is 11.7. The molecule has 3 N–H and O–H groups in total. The van der Waals surface area contributed by atoms with Gasteiger partial charge in [-0.05, 0) is 19.3 Å². The topological polar surface area (TPSA) is 92.5 Å². The fraction of sp³-hybridized carbons (Fsp3) is 0.800. The summed E-state index contributed by atoms with van der Waals surface area (Å²) in [4.78, 5) is 13.5. The summed E-state index contributed by atoms with van der Waals surface area (Å²) < 4.78 is 25.1. The second kappa shape index (κ2) is 7.01. The Balaban J connectivity index is 2.28. The second-order valence-corrected chi connectivity index (χ2v) is 6.64. The molecular formula is C10H19N3O3S2. The van der Waals surface area contributed by atoms with Gasteiger partial charge < -0.3 is 10.6 Å². The van der Waals surface area contributed by atoms with Crippen molar-refractivity contribution in [1.82, 2.24) is 9.62 Å². The fourth-order valence-electron chi connectivity index (χ4n) is 1.85. The van der Waals surface area contributed by atoms with Crippen molar-refractivity contribution in [3.8, 4) is 0 Å². The van der Waals surface area contributed by atoms with Crippen LogP contribution >= 0.6 is 12.2 Å². The van der Waals surface area contributed by atoms with E-state index in [1.165, 1.54) is 0 Å². The molecule has 0 bridgehead atoms. The molecule has 1 heterocycles. The molecule has 1 amide bonds. The summed E-state index contributed by atoms with van der Waals surface area (Å²) in [5.41, 5.74) is 5.16. The minimum absolute atomic E-state index is 0.00674.